The lowest BCUT2D eigenvalue weighted by Gasteiger charge is -2.00. The van der Waals surface area contributed by atoms with Gasteiger partial charge >= 0.3 is 0 Å². The van der Waals surface area contributed by atoms with Crippen molar-refractivity contribution in [2.75, 3.05) is 5.32 Å². The maximum atomic E-state index is 5.09. The summed E-state index contributed by atoms with van der Waals surface area (Å²) in [6.07, 6.45) is 3.33. The van der Waals surface area contributed by atoms with Gasteiger partial charge in [0.2, 0.25) is 0 Å². The minimum absolute atomic E-state index is 0.674. The molecule has 0 saturated carbocycles. The van der Waals surface area contributed by atoms with Gasteiger partial charge in [-0.15, -0.1) is 5.10 Å². The summed E-state index contributed by atoms with van der Waals surface area (Å²) >= 11 is 3.24. The van der Waals surface area contributed by atoms with E-state index < -0.39 is 0 Å². The van der Waals surface area contributed by atoms with Crippen molar-refractivity contribution in [3.05, 3.63) is 40.9 Å². The lowest BCUT2D eigenvalue weighted by atomic mass is 10.3. The Morgan fingerprint density at radius 3 is 3.07 bits per heavy atom. The predicted octanol–water partition coefficient (Wildman–Crippen LogP) is 2.44. The Hall–Kier alpha value is -1.36. The molecule has 14 heavy (non-hydrogen) atoms. The molecule has 0 aromatic carbocycles. The quantitative estimate of drug-likeness (QED) is 0.913. The molecule has 0 spiro atoms. The van der Waals surface area contributed by atoms with Crippen molar-refractivity contribution in [3.63, 3.8) is 0 Å². The number of rotatable bonds is 3. The second-order valence-electron chi connectivity index (χ2n) is 2.72. The number of hydrogen-bond donors (Lipinski definition) is 1. The zero-order valence-corrected chi connectivity index (χ0v) is 8.86. The summed E-state index contributed by atoms with van der Waals surface area (Å²) in [6, 6.07) is 5.60. The topological polar surface area (TPSA) is 51.0 Å². The van der Waals surface area contributed by atoms with Crippen molar-refractivity contribution in [1.82, 2.24) is 10.2 Å². The third-order valence-corrected chi connectivity index (χ3v) is 2.08. The maximum absolute atomic E-state index is 5.09. The number of nitrogens with zero attached hydrogens (tertiary/aromatic N) is 2. The number of hydrogen-bond acceptors (Lipinski definition) is 4. The first kappa shape index (κ1) is 9.21. The molecular weight excluding hydrogens is 246 g/mol. The Morgan fingerprint density at radius 2 is 2.43 bits per heavy atom. The summed E-state index contributed by atoms with van der Waals surface area (Å²) in [4.78, 5) is 0. The molecular formula is C9H8BrN3O. The number of nitrogens with one attached hydrogen (secondary N) is 1. The van der Waals surface area contributed by atoms with Crippen molar-refractivity contribution >= 4 is 21.7 Å². The van der Waals surface area contributed by atoms with E-state index in [2.05, 4.69) is 31.4 Å². The van der Waals surface area contributed by atoms with Crippen LogP contribution in [0.5, 0.6) is 0 Å². The SMILES string of the molecule is Brc1cc(CNc2cccnn2)co1. The van der Waals surface area contributed by atoms with Crippen molar-refractivity contribution < 1.29 is 4.42 Å². The molecule has 0 bridgehead atoms. The summed E-state index contributed by atoms with van der Waals surface area (Å²) in [5, 5.41) is 10.8. The molecule has 2 aromatic heterocycles. The van der Waals surface area contributed by atoms with Gasteiger partial charge in [0.1, 0.15) is 5.82 Å². The van der Waals surface area contributed by atoms with Crippen LogP contribution in [-0.2, 0) is 6.54 Å². The second kappa shape index (κ2) is 4.23. The molecule has 2 rings (SSSR count). The zero-order chi connectivity index (χ0) is 9.80. The van der Waals surface area contributed by atoms with Crippen molar-refractivity contribution in [2.24, 2.45) is 0 Å². The number of halogens is 1. The molecule has 0 aliphatic heterocycles. The largest absolute Gasteiger partial charge is 0.457 e. The van der Waals surface area contributed by atoms with Gasteiger partial charge in [-0.3, -0.25) is 0 Å². The summed E-state index contributed by atoms with van der Waals surface area (Å²) in [5.41, 5.74) is 1.06. The van der Waals surface area contributed by atoms with Crippen molar-refractivity contribution in [2.45, 2.75) is 6.54 Å². The Balaban J connectivity index is 1.95. The smallest absolute Gasteiger partial charge is 0.169 e. The third kappa shape index (κ3) is 2.32. The normalized spacial score (nSPS) is 10.1. The van der Waals surface area contributed by atoms with Gasteiger partial charge < -0.3 is 9.73 Å². The van der Waals surface area contributed by atoms with Gasteiger partial charge in [0.05, 0.1) is 6.26 Å². The van der Waals surface area contributed by atoms with Crippen LogP contribution in [-0.4, -0.2) is 10.2 Å². The molecule has 72 valence electrons. The number of aromatic nitrogens is 2. The molecule has 0 unspecified atom stereocenters. The second-order valence-corrected chi connectivity index (χ2v) is 3.50. The van der Waals surface area contributed by atoms with Gasteiger partial charge in [-0.1, -0.05) is 0 Å². The lowest BCUT2D eigenvalue weighted by Crippen LogP contribution is -2.00. The Bertz CT molecular complexity index is 401. The Morgan fingerprint density at radius 1 is 1.50 bits per heavy atom. The molecule has 0 atom stereocenters. The third-order valence-electron chi connectivity index (χ3n) is 1.67. The molecule has 2 aromatic rings. The van der Waals surface area contributed by atoms with Crippen LogP contribution >= 0.6 is 15.9 Å². The van der Waals surface area contributed by atoms with Gasteiger partial charge in [0.25, 0.3) is 0 Å². The molecule has 4 nitrogen and oxygen atoms in total. The fraction of sp³-hybridized carbons (Fsp3) is 0.111. The molecule has 0 amide bonds. The van der Waals surface area contributed by atoms with Crippen LogP contribution in [0.1, 0.15) is 5.56 Å². The fourth-order valence-corrected chi connectivity index (χ4v) is 1.41. The van der Waals surface area contributed by atoms with Gasteiger partial charge in [-0.25, -0.2) is 0 Å². The first-order valence-electron chi connectivity index (χ1n) is 4.09. The van der Waals surface area contributed by atoms with E-state index in [4.69, 9.17) is 4.42 Å². The summed E-state index contributed by atoms with van der Waals surface area (Å²) in [5.74, 6) is 0.754. The monoisotopic (exact) mass is 253 g/mol. The van der Waals surface area contributed by atoms with Gasteiger partial charge in [-0.2, -0.15) is 5.10 Å². The molecule has 0 radical (unpaired) electrons. The fourth-order valence-electron chi connectivity index (χ4n) is 1.03. The van der Waals surface area contributed by atoms with E-state index in [0.717, 1.165) is 16.1 Å². The van der Waals surface area contributed by atoms with Crippen LogP contribution < -0.4 is 5.32 Å². The zero-order valence-electron chi connectivity index (χ0n) is 7.27. The Kier molecular flexibility index (Phi) is 2.78. The van der Waals surface area contributed by atoms with Gasteiger partial charge in [0.15, 0.2) is 4.67 Å². The van der Waals surface area contributed by atoms with Crippen LogP contribution in [0.4, 0.5) is 5.82 Å². The van der Waals surface area contributed by atoms with Gasteiger partial charge in [0, 0.05) is 18.3 Å². The average Bonchev–Trinajstić information content (AvgIpc) is 2.63. The lowest BCUT2D eigenvalue weighted by molar-refractivity contribution is 0.539. The standard InChI is InChI=1S/C9H8BrN3O/c10-8-4-7(6-14-8)5-11-9-2-1-3-12-13-9/h1-4,6H,5H2,(H,11,13). The van der Waals surface area contributed by atoms with Crippen LogP contribution in [0.15, 0.2) is 39.7 Å². The molecule has 2 heterocycles. The van der Waals surface area contributed by atoms with Crippen LogP contribution in [0.2, 0.25) is 0 Å². The van der Waals surface area contributed by atoms with E-state index in [0.29, 0.717) is 6.54 Å². The van der Waals surface area contributed by atoms with E-state index in [-0.39, 0.29) is 0 Å². The molecule has 0 saturated heterocycles. The van der Waals surface area contributed by atoms with E-state index in [1.165, 1.54) is 0 Å². The van der Waals surface area contributed by atoms with E-state index >= 15 is 0 Å². The highest BCUT2D eigenvalue weighted by Crippen LogP contribution is 2.14. The van der Waals surface area contributed by atoms with E-state index in [1.807, 2.05) is 18.2 Å². The summed E-state index contributed by atoms with van der Waals surface area (Å²) in [7, 11) is 0. The van der Waals surface area contributed by atoms with Crippen molar-refractivity contribution in [3.8, 4) is 0 Å². The van der Waals surface area contributed by atoms with E-state index in [1.54, 1.807) is 12.5 Å². The summed E-state index contributed by atoms with van der Waals surface area (Å²) in [6.45, 7) is 0.674. The number of anilines is 1. The molecule has 0 aliphatic carbocycles. The van der Waals surface area contributed by atoms with Crippen molar-refractivity contribution in [1.29, 1.82) is 0 Å². The highest BCUT2D eigenvalue weighted by atomic mass is 79.9. The minimum atomic E-state index is 0.674. The molecule has 0 fully saturated rings. The molecule has 5 heteroatoms. The van der Waals surface area contributed by atoms with Gasteiger partial charge in [-0.05, 0) is 34.1 Å². The highest BCUT2D eigenvalue weighted by molar-refractivity contribution is 9.10. The van der Waals surface area contributed by atoms with Crippen LogP contribution in [0.25, 0.3) is 0 Å². The summed E-state index contributed by atoms with van der Waals surface area (Å²) < 4.78 is 5.82. The Labute approximate surface area is 89.5 Å². The highest BCUT2D eigenvalue weighted by Gasteiger charge is 1.98. The number of furan rings is 1. The first-order chi connectivity index (χ1) is 6.84. The van der Waals surface area contributed by atoms with Crippen LogP contribution in [0, 0.1) is 0 Å². The first-order valence-corrected chi connectivity index (χ1v) is 4.88. The molecule has 1 N–H and O–H groups in total. The maximum Gasteiger partial charge on any atom is 0.169 e. The minimum Gasteiger partial charge on any atom is -0.457 e. The molecule has 0 aliphatic rings. The van der Waals surface area contributed by atoms with E-state index in [9.17, 15) is 0 Å². The predicted molar refractivity (Wildman–Crippen MR) is 55.8 cm³/mol. The average molecular weight is 254 g/mol. The van der Waals surface area contributed by atoms with Crippen LogP contribution in [0.3, 0.4) is 0 Å².